The maximum atomic E-state index is 13.1. The van der Waals surface area contributed by atoms with E-state index in [1.54, 1.807) is 24.4 Å². The Morgan fingerprint density at radius 1 is 1.22 bits per heavy atom. The van der Waals surface area contributed by atoms with Gasteiger partial charge in [-0.3, -0.25) is 9.69 Å². The molecule has 0 saturated carbocycles. The number of aliphatic hydroxyl groups is 1. The second kappa shape index (κ2) is 7.67. The molecule has 3 heterocycles. The molecule has 1 aromatic rings. The normalized spacial score (nSPS) is 19.5. The molecule has 2 saturated heterocycles. The van der Waals surface area contributed by atoms with Crippen LogP contribution in [0.4, 0.5) is 10.7 Å². The number of carbonyl (C=O) groups excluding carboxylic acids is 2. The van der Waals surface area contributed by atoms with Crippen molar-refractivity contribution in [3.05, 3.63) is 12.4 Å². The Bertz CT molecular complexity index is 685. The van der Waals surface area contributed by atoms with Gasteiger partial charge in [-0.25, -0.2) is 14.8 Å². The van der Waals surface area contributed by atoms with Crippen molar-refractivity contribution >= 4 is 17.9 Å². The van der Waals surface area contributed by atoms with E-state index in [-0.39, 0.29) is 31.0 Å². The fraction of sp³-hybridized carbons (Fsp3) is 0.667. The highest BCUT2D eigenvalue weighted by atomic mass is 16.5. The molecule has 0 radical (unpaired) electrons. The zero-order valence-electron chi connectivity index (χ0n) is 16.1. The van der Waals surface area contributed by atoms with Crippen LogP contribution in [0.15, 0.2) is 12.4 Å². The van der Waals surface area contributed by atoms with Crippen LogP contribution in [0.5, 0.6) is 5.75 Å². The van der Waals surface area contributed by atoms with Gasteiger partial charge in [-0.05, 0) is 18.8 Å². The Balaban J connectivity index is 1.79. The molecule has 0 bridgehead atoms. The number of hydrogen-bond acceptors (Lipinski definition) is 7. The van der Waals surface area contributed by atoms with Crippen LogP contribution in [0.2, 0.25) is 0 Å². The maximum absolute atomic E-state index is 13.1. The number of aliphatic hydroxyl groups excluding tert-OH is 1. The lowest BCUT2D eigenvalue weighted by molar-refractivity contribution is -0.134. The van der Waals surface area contributed by atoms with Crippen LogP contribution in [-0.4, -0.2) is 82.2 Å². The van der Waals surface area contributed by atoms with E-state index in [0.717, 1.165) is 0 Å². The maximum Gasteiger partial charge on any atom is 0.327 e. The van der Waals surface area contributed by atoms with Crippen LogP contribution >= 0.6 is 0 Å². The average Bonchev–Trinajstić information content (AvgIpc) is 2.85. The number of β-amino-alcohol motifs (C(OH)–C–C–N with tert-alkyl or cyclic N) is 1. The van der Waals surface area contributed by atoms with Gasteiger partial charge in [0.2, 0.25) is 5.95 Å². The third-order valence-electron chi connectivity index (χ3n) is 5.22. The minimum Gasteiger partial charge on any atom is -0.494 e. The summed E-state index contributed by atoms with van der Waals surface area (Å²) in [6.07, 6.45) is 4.26. The number of rotatable bonds is 6. The number of aromatic nitrogens is 2. The van der Waals surface area contributed by atoms with Crippen molar-refractivity contribution in [2.24, 2.45) is 5.92 Å². The van der Waals surface area contributed by atoms with Crippen molar-refractivity contribution in [2.75, 3.05) is 44.8 Å². The predicted molar refractivity (Wildman–Crippen MR) is 98.5 cm³/mol. The smallest absolute Gasteiger partial charge is 0.327 e. The van der Waals surface area contributed by atoms with Crippen LogP contribution in [0.25, 0.3) is 0 Å². The Hall–Kier alpha value is -2.42. The van der Waals surface area contributed by atoms with E-state index in [2.05, 4.69) is 9.97 Å². The number of urea groups is 1. The van der Waals surface area contributed by atoms with Crippen molar-refractivity contribution in [1.29, 1.82) is 0 Å². The van der Waals surface area contributed by atoms with Crippen molar-refractivity contribution in [1.82, 2.24) is 19.8 Å². The number of nitrogens with zero attached hydrogens (tertiary/aromatic N) is 5. The third kappa shape index (κ3) is 3.43. The molecule has 27 heavy (non-hydrogen) atoms. The minimum atomic E-state index is -0.834. The largest absolute Gasteiger partial charge is 0.494 e. The van der Waals surface area contributed by atoms with Gasteiger partial charge in [0.25, 0.3) is 5.91 Å². The highest BCUT2D eigenvalue weighted by molar-refractivity contribution is 6.07. The zero-order chi connectivity index (χ0) is 19.6. The van der Waals surface area contributed by atoms with Gasteiger partial charge in [0.15, 0.2) is 5.75 Å². The van der Waals surface area contributed by atoms with E-state index in [0.29, 0.717) is 44.2 Å². The molecule has 148 valence electrons. The first-order valence-corrected chi connectivity index (χ1v) is 9.28. The number of carbonyl (C=O) groups is 2. The fourth-order valence-corrected chi connectivity index (χ4v) is 3.84. The molecule has 2 aliphatic rings. The van der Waals surface area contributed by atoms with Gasteiger partial charge >= 0.3 is 6.03 Å². The van der Waals surface area contributed by atoms with Gasteiger partial charge in [0, 0.05) is 19.6 Å². The summed E-state index contributed by atoms with van der Waals surface area (Å²) in [5.74, 6) is 1.23. The molecular weight excluding hydrogens is 350 g/mol. The number of imide groups is 1. The summed E-state index contributed by atoms with van der Waals surface area (Å²) < 4.78 is 5.09. The van der Waals surface area contributed by atoms with Crippen LogP contribution in [0.1, 0.15) is 26.7 Å². The molecular formula is C18H27N5O4. The Labute approximate surface area is 158 Å². The SMILES string of the molecule is COc1cnc(N2CCC3(CC2)C(=O)N(CCO)C(=O)N3CC(C)C)nc1. The van der Waals surface area contributed by atoms with Crippen LogP contribution in [-0.2, 0) is 4.79 Å². The molecule has 0 atom stereocenters. The van der Waals surface area contributed by atoms with Gasteiger partial charge in [0.1, 0.15) is 5.54 Å². The first-order valence-electron chi connectivity index (χ1n) is 9.28. The molecule has 1 spiro atoms. The molecule has 9 nitrogen and oxygen atoms in total. The van der Waals surface area contributed by atoms with Crippen molar-refractivity contribution in [2.45, 2.75) is 32.2 Å². The van der Waals surface area contributed by atoms with Crippen molar-refractivity contribution in [3.8, 4) is 5.75 Å². The molecule has 1 N–H and O–H groups in total. The highest BCUT2D eigenvalue weighted by Gasteiger charge is 2.57. The lowest BCUT2D eigenvalue weighted by Crippen LogP contribution is -2.57. The third-order valence-corrected chi connectivity index (χ3v) is 5.22. The molecule has 1 aromatic heterocycles. The molecule has 0 unspecified atom stereocenters. The highest BCUT2D eigenvalue weighted by Crippen LogP contribution is 2.38. The number of hydrogen-bond donors (Lipinski definition) is 1. The van der Waals surface area contributed by atoms with Gasteiger partial charge in [-0.15, -0.1) is 0 Å². The molecule has 0 aliphatic carbocycles. The number of ether oxygens (including phenoxy) is 1. The topological polar surface area (TPSA) is 99.1 Å². The minimum absolute atomic E-state index is 0.0410. The Morgan fingerprint density at radius 2 is 1.85 bits per heavy atom. The molecule has 3 rings (SSSR count). The first kappa shape index (κ1) is 19.3. The molecule has 2 aliphatic heterocycles. The number of methoxy groups -OCH3 is 1. The van der Waals surface area contributed by atoms with Gasteiger partial charge in [-0.1, -0.05) is 13.8 Å². The second-order valence-electron chi connectivity index (χ2n) is 7.41. The predicted octanol–water partition coefficient (Wildman–Crippen LogP) is 0.737. The van der Waals surface area contributed by atoms with Gasteiger partial charge < -0.3 is 19.6 Å². The Kier molecular flexibility index (Phi) is 5.50. The van der Waals surface area contributed by atoms with Crippen LogP contribution in [0, 0.1) is 5.92 Å². The quantitative estimate of drug-likeness (QED) is 0.730. The summed E-state index contributed by atoms with van der Waals surface area (Å²) >= 11 is 0. The van der Waals surface area contributed by atoms with Crippen molar-refractivity contribution in [3.63, 3.8) is 0 Å². The monoisotopic (exact) mass is 377 g/mol. The van der Waals surface area contributed by atoms with E-state index < -0.39 is 5.54 Å². The number of piperidine rings is 1. The lowest BCUT2D eigenvalue weighted by Gasteiger charge is -2.42. The molecule has 2 fully saturated rings. The standard InChI is InChI=1S/C18H27N5O4/c1-13(2)12-23-17(26)22(8-9-24)15(25)18(23)4-6-21(7-5-18)16-19-10-14(27-3)11-20-16/h10-11,13,24H,4-9,12H2,1-3H3. The number of amides is 3. The lowest BCUT2D eigenvalue weighted by atomic mass is 9.85. The number of anilines is 1. The van der Waals surface area contributed by atoms with Gasteiger partial charge in [0.05, 0.1) is 32.7 Å². The molecule has 9 heteroatoms. The van der Waals surface area contributed by atoms with Crippen LogP contribution in [0.3, 0.4) is 0 Å². The average molecular weight is 377 g/mol. The van der Waals surface area contributed by atoms with Crippen LogP contribution < -0.4 is 9.64 Å². The summed E-state index contributed by atoms with van der Waals surface area (Å²) in [5, 5.41) is 9.25. The van der Waals surface area contributed by atoms with E-state index in [1.807, 2.05) is 18.7 Å². The molecule has 3 amide bonds. The fourth-order valence-electron chi connectivity index (χ4n) is 3.84. The van der Waals surface area contributed by atoms with Gasteiger partial charge in [-0.2, -0.15) is 0 Å². The molecule has 0 aromatic carbocycles. The first-order chi connectivity index (χ1) is 12.9. The summed E-state index contributed by atoms with van der Waals surface area (Å²) in [6.45, 7) is 5.54. The summed E-state index contributed by atoms with van der Waals surface area (Å²) in [5.41, 5.74) is -0.834. The summed E-state index contributed by atoms with van der Waals surface area (Å²) in [6, 6.07) is -0.295. The zero-order valence-corrected chi connectivity index (χ0v) is 16.1. The van der Waals surface area contributed by atoms with E-state index in [4.69, 9.17) is 4.74 Å². The van der Waals surface area contributed by atoms with E-state index in [9.17, 15) is 14.7 Å². The summed E-state index contributed by atoms with van der Waals surface area (Å²) in [7, 11) is 1.56. The second-order valence-corrected chi connectivity index (χ2v) is 7.41. The Morgan fingerprint density at radius 3 is 2.37 bits per heavy atom. The summed E-state index contributed by atoms with van der Waals surface area (Å²) in [4.78, 5) is 39.4. The van der Waals surface area contributed by atoms with E-state index >= 15 is 0 Å². The van der Waals surface area contributed by atoms with Crippen molar-refractivity contribution < 1.29 is 19.4 Å². The van der Waals surface area contributed by atoms with E-state index in [1.165, 1.54) is 4.90 Å².